The molecule has 0 saturated carbocycles. The molecule has 0 radical (unpaired) electrons. The predicted molar refractivity (Wildman–Crippen MR) is 106 cm³/mol. The zero-order valence-corrected chi connectivity index (χ0v) is 14.5. The molecule has 0 saturated heterocycles. The molecule has 0 fully saturated rings. The number of hydrazone groups is 1. The van der Waals surface area contributed by atoms with Crippen LogP contribution in [0.2, 0.25) is 0 Å². The van der Waals surface area contributed by atoms with Crippen LogP contribution in [-0.4, -0.2) is 23.5 Å². The smallest absolute Gasteiger partial charge is 0.181 e. The van der Waals surface area contributed by atoms with Crippen molar-refractivity contribution in [2.75, 3.05) is 12.3 Å². The number of nitrogen functional groups attached to an aromatic ring is 1. The number of hydrogen-bond donors (Lipinski definition) is 2. The minimum absolute atomic E-state index is 0.580. The van der Waals surface area contributed by atoms with Gasteiger partial charge in [0, 0.05) is 24.4 Å². The number of rotatable bonds is 8. The summed E-state index contributed by atoms with van der Waals surface area (Å²) in [6.07, 6.45) is 12.0. The summed E-state index contributed by atoms with van der Waals surface area (Å²) in [6.45, 7) is 6.24. The van der Waals surface area contributed by atoms with Gasteiger partial charge in [-0.15, -0.1) is 6.58 Å². The number of fused-ring (bicyclic) bond motifs is 1. The Kier molecular flexibility index (Phi) is 6.91. The highest BCUT2D eigenvalue weighted by Gasteiger charge is 2.04. The third-order valence-corrected chi connectivity index (χ3v) is 3.85. The minimum Gasteiger partial charge on any atom is -0.375 e. The number of benzene rings is 1. The lowest BCUT2D eigenvalue weighted by molar-refractivity contribution is 0.829. The van der Waals surface area contributed by atoms with Crippen LogP contribution in [0.5, 0.6) is 0 Å². The van der Waals surface area contributed by atoms with Gasteiger partial charge in [-0.05, 0) is 25.1 Å². The van der Waals surface area contributed by atoms with Crippen molar-refractivity contribution in [3.63, 3.8) is 0 Å². The molecule has 0 unspecified atom stereocenters. The van der Waals surface area contributed by atoms with Crippen LogP contribution < -0.4 is 11.2 Å². The molecule has 24 heavy (non-hydrogen) atoms. The van der Waals surface area contributed by atoms with Gasteiger partial charge in [-0.1, -0.05) is 35.6 Å². The molecule has 0 aliphatic carbocycles. The summed E-state index contributed by atoms with van der Waals surface area (Å²) >= 11 is 1.48. The molecule has 1 heterocycles. The van der Waals surface area contributed by atoms with Gasteiger partial charge in [-0.2, -0.15) is 5.10 Å². The number of thiazole rings is 1. The van der Waals surface area contributed by atoms with Crippen LogP contribution >= 0.6 is 11.3 Å². The predicted octanol–water partition coefficient (Wildman–Crippen LogP) is 3.91. The summed E-state index contributed by atoms with van der Waals surface area (Å²) in [6, 6.07) is 6.05. The van der Waals surface area contributed by atoms with Gasteiger partial charge in [0.05, 0.1) is 22.5 Å². The van der Waals surface area contributed by atoms with Crippen LogP contribution in [0.1, 0.15) is 18.9 Å². The summed E-state index contributed by atoms with van der Waals surface area (Å²) in [5.74, 6) is 0. The number of aromatic nitrogens is 1. The maximum atomic E-state index is 5.76. The van der Waals surface area contributed by atoms with Crippen molar-refractivity contribution in [3.05, 3.63) is 60.8 Å². The third kappa shape index (κ3) is 5.17. The maximum absolute atomic E-state index is 5.76. The van der Waals surface area contributed by atoms with Crippen molar-refractivity contribution in [2.45, 2.75) is 13.3 Å². The Balaban J connectivity index is 2.09. The molecule has 3 N–H and O–H groups in total. The van der Waals surface area contributed by atoms with Crippen LogP contribution in [0.25, 0.3) is 10.2 Å². The molecule has 0 atom stereocenters. The normalized spacial score (nSPS) is 12.8. The first-order chi connectivity index (χ1) is 11.7. The van der Waals surface area contributed by atoms with Crippen molar-refractivity contribution in [2.24, 2.45) is 10.1 Å². The minimum atomic E-state index is 0.580. The monoisotopic (exact) mass is 339 g/mol. The van der Waals surface area contributed by atoms with Crippen LogP contribution in [0.3, 0.4) is 0 Å². The van der Waals surface area contributed by atoms with Crippen molar-refractivity contribution >= 4 is 38.6 Å². The molecule has 0 aliphatic heterocycles. The van der Waals surface area contributed by atoms with Gasteiger partial charge in [0.25, 0.3) is 0 Å². The Labute approximate surface area is 146 Å². The van der Waals surface area contributed by atoms with Gasteiger partial charge in [-0.3, -0.25) is 4.99 Å². The van der Waals surface area contributed by atoms with Crippen molar-refractivity contribution in [3.8, 4) is 0 Å². The van der Waals surface area contributed by atoms with E-state index in [4.69, 9.17) is 5.73 Å². The van der Waals surface area contributed by atoms with E-state index in [1.165, 1.54) is 11.3 Å². The molecule has 0 amide bonds. The second-order valence-corrected chi connectivity index (χ2v) is 5.89. The van der Waals surface area contributed by atoms with Crippen molar-refractivity contribution in [1.82, 2.24) is 10.4 Å². The Hall–Kier alpha value is -2.73. The molecule has 1 aromatic carbocycles. The zero-order valence-electron chi connectivity index (χ0n) is 13.6. The van der Waals surface area contributed by atoms with Gasteiger partial charge >= 0.3 is 0 Å². The lowest BCUT2D eigenvalue weighted by Gasteiger charge is -2.00. The molecule has 0 bridgehead atoms. The fourth-order valence-electron chi connectivity index (χ4n) is 1.96. The van der Waals surface area contributed by atoms with Crippen LogP contribution in [0, 0.1) is 0 Å². The fraction of sp³-hybridized carbons (Fsp3) is 0.167. The van der Waals surface area contributed by atoms with Crippen LogP contribution in [0.15, 0.2) is 65.4 Å². The molecule has 0 aliphatic rings. The number of nitrogens with one attached hydrogen (secondary N) is 1. The molecule has 2 rings (SSSR count). The molecular weight excluding hydrogens is 318 g/mol. The number of allylic oxidation sites excluding steroid dienone is 3. The molecule has 0 spiro atoms. The Morgan fingerprint density at radius 1 is 1.46 bits per heavy atom. The lowest BCUT2D eigenvalue weighted by atomic mass is 10.1. The second-order valence-electron chi connectivity index (χ2n) is 4.83. The first-order valence-electron chi connectivity index (χ1n) is 7.62. The number of aliphatic imine (C=N–C) groups is 1. The standard InChI is InChI=1S/C18H21N5S/c1-3-7-15(20-11-5-6-12-22-21-10-4-2)14-8-9-16-17(13-14)24-18(19)23-16/h3-5,7-9,11-13,21H,2,6,10H2,1H3,(H2,19,23)/b7-3+,11-5+,20-15-,22-12-. The summed E-state index contributed by atoms with van der Waals surface area (Å²) < 4.78 is 1.06. The second kappa shape index (κ2) is 9.42. The van der Waals surface area contributed by atoms with Crippen LogP contribution in [0.4, 0.5) is 5.13 Å². The van der Waals surface area contributed by atoms with E-state index in [0.29, 0.717) is 18.1 Å². The van der Waals surface area contributed by atoms with E-state index in [1.807, 2.05) is 37.3 Å². The first-order valence-corrected chi connectivity index (χ1v) is 8.43. The fourth-order valence-corrected chi connectivity index (χ4v) is 2.74. The highest BCUT2D eigenvalue weighted by molar-refractivity contribution is 7.22. The molecule has 6 heteroatoms. The van der Waals surface area contributed by atoms with E-state index in [-0.39, 0.29) is 0 Å². The Morgan fingerprint density at radius 3 is 3.12 bits per heavy atom. The van der Waals surface area contributed by atoms with E-state index in [1.54, 1.807) is 18.5 Å². The van der Waals surface area contributed by atoms with Gasteiger partial charge in [0.1, 0.15) is 0 Å². The van der Waals surface area contributed by atoms with E-state index in [9.17, 15) is 0 Å². The summed E-state index contributed by atoms with van der Waals surface area (Å²) in [5, 5.41) is 4.61. The number of anilines is 1. The maximum Gasteiger partial charge on any atom is 0.181 e. The Bertz CT molecular complexity index is 799. The van der Waals surface area contributed by atoms with Gasteiger partial charge in [0.15, 0.2) is 5.13 Å². The number of nitrogens with zero attached hydrogens (tertiary/aromatic N) is 3. The molecule has 5 nitrogen and oxygen atoms in total. The first kappa shape index (κ1) is 17.6. The van der Waals surface area contributed by atoms with Gasteiger partial charge in [0.2, 0.25) is 0 Å². The van der Waals surface area contributed by atoms with E-state index < -0.39 is 0 Å². The largest absolute Gasteiger partial charge is 0.375 e. The summed E-state index contributed by atoms with van der Waals surface area (Å²) in [5.41, 5.74) is 11.5. The molecule has 124 valence electrons. The average molecular weight is 339 g/mol. The third-order valence-electron chi connectivity index (χ3n) is 3.00. The SMILES string of the molecule is C=CCN/N=C\C/C=C/N=C(/C=C/C)c1ccc2nc(N)sc2c1. The van der Waals surface area contributed by atoms with E-state index >= 15 is 0 Å². The number of nitrogens with two attached hydrogens (primary N) is 1. The Morgan fingerprint density at radius 2 is 2.33 bits per heavy atom. The quantitative estimate of drug-likeness (QED) is 0.331. The molecular formula is C18H21N5S. The van der Waals surface area contributed by atoms with Crippen molar-refractivity contribution < 1.29 is 0 Å². The van der Waals surface area contributed by atoms with E-state index in [0.717, 1.165) is 21.5 Å². The number of hydrogen-bond acceptors (Lipinski definition) is 6. The van der Waals surface area contributed by atoms with Gasteiger partial charge < -0.3 is 11.2 Å². The highest BCUT2D eigenvalue weighted by Crippen LogP contribution is 2.25. The molecule has 1 aromatic heterocycles. The van der Waals surface area contributed by atoms with Crippen LogP contribution in [-0.2, 0) is 0 Å². The average Bonchev–Trinajstić information content (AvgIpc) is 2.95. The molecule has 2 aromatic rings. The summed E-state index contributed by atoms with van der Waals surface area (Å²) in [4.78, 5) is 8.81. The topological polar surface area (TPSA) is 75.7 Å². The van der Waals surface area contributed by atoms with E-state index in [2.05, 4.69) is 33.1 Å². The lowest BCUT2D eigenvalue weighted by Crippen LogP contribution is -2.03. The van der Waals surface area contributed by atoms with Gasteiger partial charge in [-0.25, -0.2) is 4.98 Å². The summed E-state index contributed by atoms with van der Waals surface area (Å²) in [7, 11) is 0. The zero-order chi connectivity index (χ0) is 17.2. The highest BCUT2D eigenvalue weighted by atomic mass is 32.1. The van der Waals surface area contributed by atoms with Crippen molar-refractivity contribution in [1.29, 1.82) is 0 Å².